The Kier molecular flexibility index (Phi) is 3.79. The lowest BCUT2D eigenvalue weighted by Crippen LogP contribution is -2.39. The highest BCUT2D eigenvalue weighted by atomic mass is 16.3. The summed E-state index contributed by atoms with van der Waals surface area (Å²) in [7, 11) is 1.67. The SMILES string of the molecule is CNC(=O)CC1CN(Cc2ccc(C)o2)Cc2ccnn21. The van der Waals surface area contributed by atoms with Crippen molar-refractivity contribution in [1.82, 2.24) is 20.0 Å². The molecule has 1 aliphatic heterocycles. The predicted molar refractivity (Wildman–Crippen MR) is 77.5 cm³/mol. The van der Waals surface area contributed by atoms with Crippen LogP contribution < -0.4 is 5.32 Å². The Morgan fingerprint density at radius 2 is 2.33 bits per heavy atom. The van der Waals surface area contributed by atoms with Crippen LogP contribution in [0.5, 0.6) is 0 Å². The number of nitrogens with zero attached hydrogens (tertiary/aromatic N) is 3. The molecule has 2 aromatic heterocycles. The molecule has 0 spiro atoms. The van der Waals surface area contributed by atoms with Gasteiger partial charge in [-0.05, 0) is 25.1 Å². The topological polar surface area (TPSA) is 63.3 Å². The Morgan fingerprint density at radius 1 is 1.48 bits per heavy atom. The first-order valence-electron chi connectivity index (χ1n) is 7.16. The van der Waals surface area contributed by atoms with Gasteiger partial charge in [0.1, 0.15) is 11.5 Å². The van der Waals surface area contributed by atoms with E-state index in [9.17, 15) is 4.79 Å². The van der Waals surface area contributed by atoms with Gasteiger partial charge in [-0.1, -0.05) is 0 Å². The summed E-state index contributed by atoms with van der Waals surface area (Å²) in [5, 5.41) is 7.04. The van der Waals surface area contributed by atoms with Crippen molar-refractivity contribution in [2.45, 2.75) is 32.5 Å². The molecule has 0 saturated heterocycles. The van der Waals surface area contributed by atoms with Crippen molar-refractivity contribution in [3.05, 3.63) is 41.6 Å². The van der Waals surface area contributed by atoms with Crippen LogP contribution in [0.4, 0.5) is 0 Å². The predicted octanol–water partition coefficient (Wildman–Crippen LogP) is 1.48. The summed E-state index contributed by atoms with van der Waals surface area (Å²) >= 11 is 0. The molecule has 21 heavy (non-hydrogen) atoms. The maximum atomic E-state index is 11.7. The molecule has 0 aliphatic carbocycles. The van der Waals surface area contributed by atoms with E-state index in [0.29, 0.717) is 6.42 Å². The molecule has 1 amide bonds. The van der Waals surface area contributed by atoms with Crippen molar-refractivity contribution in [1.29, 1.82) is 0 Å². The first kappa shape index (κ1) is 13.9. The zero-order valence-corrected chi connectivity index (χ0v) is 12.4. The standard InChI is InChI=1S/C15H20N4O2/c1-11-3-4-14(21-11)10-18-8-12-5-6-17-19(12)13(9-18)7-15(20)16-2/h3-6,13H,7-10H2,1-2H3,(H,16,20). The van der Waals surface area contributed by atoms with Crippen molar-refractivity contribution in [2.75, 3.05) is 13.6 Å². The van der Waals surface area contributed by atoms with Gasteiger partial charge in [-0.2, -0.15) is 5.10 Å². The molecule has 6 nitrogen and oxygen atoms in total. The second-order valence-electron chi connectivity index (χ2n) is 5.48. The lowest BCUT2D eigenvalue weighted by atomic mass is 10.1. The van der Waals surface area contributed by atoms with Crippen LogP contribution in [0.2, 0.25) is 0 Å². The molecule has 1 atom stereocenters. The van der Waals surface area contributed by atoms with Gasteiger partial charge in [-0.3, -0.25) is 14.4 Å². The Bertz CT molecular complexity index is 631. The average Bonchev–Trinajstić information content (AvgIpc) is 3.07. The number of rotatable bonds is 4. The number of hydrogen-bond donors (Lipinski definition) is 1. The van der Waals surface area contributed by atoms with Gasteiger partial charge in [0.2, 0.25) is 5.91 Å². The van der Waals surface area contributed by atoms with Crippen LogP contribution in [-0.2, 0) is 17.9 Å². The molecule has 0 fully saturated rings. The molecule has 0 radical (unpaired) electrons. The van der Waals surface area contributed by atoms with Gasteiger partial charge in [0.15, 0.2) is 0 Å². The van der Waals surface area contributed by atoms with Crippen LogP contribution >= 0.6 is 0 Å². The van der Waals surface area contributed by atoms with E-state index in [-0.39, 0.29) is 11.9 Å². The molecule has 0 bridgehead atoms. The van der Waals surface area contributed by atoms with Gasteiger partial charge in [-0.15, -0.1) is 0 Å². The molecule has 1 N–H and O–H groups in total. The minimum absolute atomic E-state index is 0.0390. The Morgan fingerprint density at radius 3 is 3.05 bits per heavy atom. The quantitative estimate of drug-likeness (QED) is 0.925. The fourth-order valence-corrected chi connectivity index (χ4v) is 2.84. The normalized spacial score (nSPS) is 18.5. The third kappa shape index (κ3) is 3.00. The number of carbonyl (C=O) groups is 1. The van der Waals surface area contributed by atoms with Gasteiger partial charge in [-0.25, -0.2) is 0 Å². The maximum absolute atomic E-state index is 11.7. The number of nitrogens with one attached hydrogen (secondary N) is 1. The van der Waals surface area contributed by atoms with E-state index in [1.54, 1.807) is 13.2 Å². The minimum atomic E-state index is 0.0390. The fraction of sp³-hybridized carbons (Fsp3) is 0.467. The molecule has 2 aromatic rings. The lowest BCUT2D eigenvalue weighted by Gasteiger charge is -2.33. The van der Waals surface area contributed by atoms with E-state index in [1.165, 1.54) is 0 Å². The first-order chi connectivity index (χ1) is 10.2. The van der Waals surface area contributed by atoms with Crippen LogP contribution in [-0.4, -0.2) is 34.2 Å². The zero-order valence-electron chi connectivity index (χ0n) is 12.4. The average molecular weight is 288 g/mol. The molecule has 112 valence electrons. The molecule has 1 aliphatic rings. The third-order valence-electron chi connectivity index (χ3n) is 3.83. The number of amides is 1. The highest BCUT2D eigenvalue weighted by Gasteiger charge is 2.27. The van der Waals surface area contributed by atoms with E-state index < -0.39 is 0 Å². The summed E-state index contributed by atoms with van der Waals surface area (Å²) in [6.07, 6.45) is 2.24. The van der Waals surface area contributed by atoms with E-state index in [0.717, 1.165) is 36.8 Å². The van der Waals surface area contributed by atoms with Crippen LogP contribution in [0.25, 0.3) is 0 Å². The highest BCUT2D eigenvalue weighted by Crippen LogP contribution is 2.24. The largest absolute Gasteiger partial charge is 0.465 e. The second kappa shape index (κ2) is 5.73. The maximum Gasteiger partial charge on any atom is 0.221 e. The van der Waals surface area contributed by atoms with E-state index in [1.807, 2.05) is 29.8 Å². The number of aromatic nitrogens is 2. The monoisotopic (exact) mass is 288 g/mol. The molecule has 6 heteroatoms. The van der Waals surface area contributed by atoms with Crippen molar-refractivity contribution in [3.63, 3.8) is 0 Å². The molecule has 0 aromatic carbocycles. The van der Waals surface area contributed by atoms with Crippen LogP contribution in [0, 0.1) is 6.92 Å². The number of hydrogen-bond acceptors (Lipinski definition) is 4. The number of aryl methyl sites for hydroxylation is 1. The van der Waals surface area contributed by atoms with Crippen LogP contribution in [0.3, 0.4) is 0 Å². The molecule has 3 heterocycles. The van der Waals surface area contributed by atoms with Crippen LogP contribution in [0.1, 0.15) is 29.7 Å². The van der Waals surface area contributed by atoms with Gasteiger partial charge in [0.05, 0.1) is 24.7 Å². The Labute approximate surface area is 123 Å². The Balaban J connectivity index is 1.75. The Hall–Kier alpha value is -2.08. The summed E-state index contributed by atoms with van der Waals surface area (Å²) in [5.74, 6) is 1.92. The smallest absolute Gasteiger partial charge is 0.221 e. The minimum Gasteiger partial charge on any atom is -0.465 e. The molecule has 3 rings (SSSR count). The zero-order chi connectivity index (χ0) is 14.8. The fourth-order valence-electron chi connectivity index (χ4n) is 2.84. The number of carbonyl (C=O) groups excluding carboxylic acids is 1. The van der Waals surface area contributed by atoms with E-state index in [4.69, 9.17) is 4.42 Å². The van der Waals surface area contributed by atoms with Crippen molar-refractivity contribution >= 4 is 5.91 Å². The van der Waals surface area contributed by atoms with Gasteiger partial charge >= 0.3 is 0 Å². The van der Waals surface area contributed by atoms with E-state index >= 15 is 0 Å². The molecular formula is C15H20N4O2. The summed E-state index contributed by atoms with van der Waals surface area (Å²) < 4.78 is 7.62. The molecular weight excluding hydrogens is 268 g/mol. The lowest BCUT2D eigenvalue weighted by molar-refractivity contribution is -0.121. The molecule has 0 saturated carbocycles. The van der Waals surface area contributed by atoms with E-state index in [2.05, 4.69) is 15.3 Å². The number of furan rings is 1. The summed E-state index contributed by atoms with van der Waals surface area (Å²) in [6.45, 7) is 4.32. The summed E-state index contributed by atoms with van der Waals surface area (Å²) in [4.78, 5) is 14.0. The van der Waals surface area contributed by atoms with Crippen molar-refractivity contribution in [2.24, 2.45) is 0 Å². The second-order valence-corrected chi connectivity index (χ2v) is 5.48. The van der Waals surface area contributed by atoms with Crippen LogP contribution in [0.15, 0.2) is 28.8 Å². The summed E-state index contributed by atoms with van der Waals surface area (Å²) in [6, 6.07) is 6.07. The van der Waals surface area contributed by atoms with Gasteiger partial charge < -0.3 is 9.73 Å². The highest BCUT2D eigenvalue weighted by molar-refractivity contribution is 5.76. The third-order valence-corrected chi connectivity index (χ3v) is 3.83. The molecule has 1 unspecified atom stereocenters. The summed E-state index contributed by atoms with van der Waals surface area (Å²) in [5.41, 5.74) is 1.14. The van der Waals surface area contributed by atoms with Gasteiger partial charge in [0.25, 0.3) is 0 Å². The first-order valence-corrected chi connectivity index (χ1v) is 7.16. The van der Waals surface area contributed by atoms with Gasteiger partial charge in [0, 0.05) is 26.3 Å². The van der Waals surface area contributed by atoms with Crippen molar-refractivity contribution < 1.29 is 9.21 Å². The van der Waals surface area contributed by atoms with Crippen molar-refractivity contribution in [3.8, 4) is 0 Å². The number of fused-ring (bicyclic) bond motifs is 1.